The summed E-state index contributed by atoms with van der Waals surface area (Å²) in [6, 6.07) is 11.5. The number of ether oxygens (including phenoxy) is 2. The van der Waals surface area contributed by atoms with Gasteiger partial charge in [0.25, 0.3) is 0 Å². The van der Waals surface area contributed by atoms with E-state index in [1.54, 1.807) is 6.07 Å². The summed E-state index contributed by atoms with van der Waals surface area (Å²) in [5.41, 5.74) is 3.05. The van der Waals surface area contributed by atoms with Crippen LogP contribution in [-0.2, 0) is 28.3 Å². The van der Waals surface area contributed by atoms with Crippen LogP contribution in [0.15, 0.2) is 36.4 Å². The van der Waals surface area contributed by atoms with Gasteiger partial charge in [0.15, 0.2) is 0 Å². The number of rotatable bonds is 6. The lowest BCUT2D eigenvalue weighted by molar-refractivity contribution is -0.137. The van der Waals surface area contributed by atoms with E-state index in [4.69, 9.17) is 37.8 Å². The maximum atomic E-state index is 10.8. The van der Waals surface area contributed by atoms with Gasteiger partial charge in [-0.3, -0.25) is 4.79 Å². The molecule has 0 aromatic heterocycles. The Kier molecular flexibility index (Phi) is 6.02. The highest BCUT2D eigenvalue weighted by atomic mass is 35.5. The average molecular weight is 436 g/mol. The SMILES string of the molecule is O=C(O)CCN1CCC2(CC1)OCc1cc(OCc3cc(Cl)cc(Cl)c3)ccc12. The Hall–Kier alpha value is -1.79. The molecule has 154 valence electrons. The predicted octanol–water partition coefficient (Wildman–Crippen LogP) is 4.87. The first-order chi connectivity index (χ1) is 13.9. The van der Waals surface area contributed by atoms with Crippen LogP contribution in [0.5, 0.6) is 5.75 Å². The fourth-order valence-electron chi connectivity index (χ4n) is 4.18. The summed E-state index contributed by atoms with van der Waals surface area (Å²) in [6.07, 6.45) is 1.94. The minimum absolute atomic E-state index is 0.184. The molecule has 1 spiro atoms. The first-order valence-corrected chi connectivity index (χ1v) is 10.5. The first-order valence-electron chi connectivity index (χ1n) is 9.73. The topological polar surface area (TPSA) is 59.0 Å². The number of aliphatic carboxylic acids is 1. The Morgan fingerprint density at radius 3 is 2.55 bits per heavy atom. The quantitative estimate of drug-likeness (QED) is 0.701. The van der Waals surface area contributed by atoms with Crippen LogP contribution in [0.2, 0.25) is 10.0 Å². The second-order valence-corrected chi connectivity index (χ2v) is 8.53. The van der Waals surface area contributed by atoms with Gasteiger partial charge in [-0.05, 0) is 59.9 Å². The standard InChI is InChI=1S/C22H23Cl2NO4/c23-17-9-15(10-18(24)12-17)13-28-19-1-2-20-16(11-19)14-29-22(20)4-7-25(8-5-22)6-3-21(26)27/h1-2,9-12H,3-8,13-14H2,(H,26,27). The lowest BCUT2D eigenvalue weighted by atomic mass is 9.83. The van der Waals surface area contributed by atoms with Crippen LogP contribution in [-0.4, -0.2) is 35.6 Å². The molecule has 4 rings (SSSR count). The highest BCUT2D eigenvalue weighted by Crippen LogP contribution is 2.45. The zero-order valence-electron chi connectivity index (χ0n) is 16.0. The van der Waals surface area contributed by atoms with Gasteiger partial charge in [-0.15, -0.1) is 0 Å². The molecule has 2 aromatic rings. The lowest BCUT2D eigenvalue weighted by Crippen LogP contribution is -2.43. The van der Waals surface area contributed by atoms with E-state index in [0.29, 0.717) is 29.8 Å². The number of nitrogens with zero attached hydrogens (tertiary/aromatic N) is 1. The number of carbonyl (C=O) groups is 1. The van der Waals surface area contributed by atoms with Crippen molar-refractivity contribution in [3.05, 3.63) is 63.1 Å². The van der Waals surface area contributed by atoms with E-state index in [0.717, 1.165) is 42.8 Å². The van der Waals surface area contributed by atoms with E-state index in [-0.39, 0.29) is 12.0 Å². The minimum atomic E-state index is -0.750. The van der Waals surface area contributed by atoms with Crippen LogP contribution in [0, 0.1) is 0 Å². The molecule has 29 heavy (non-hydrogen) atoms. The maximum absolute atomic E-state index is 10.8. The van der Waals surface area contributed by atoms with E-state index in [9.17, 15) is 4.79 Å². The molecule has 0 saturated carbocycles. The number of carboxylic acids is 1. The highest BCUT2D eigenvalue weighted by molar-refractivity contribution is 6.34. The van der Waals surface area contributed by atoms with Crippen LogP contribution in [0.4, 0.5) is 0 Å². The molecule has 0 radical (unpaired) electrons. The number of likely N-dealkylation sites (tertiary alicyclic amines) is 1. The summed E-state index contributed by atoms with van der Waals surface area (Å²) in [5, 5.41) is 10.1. The average Bonchev–Trinajstić information content (AvgIpc) is 3.03. The van der Waals surface area contributed by atoms with Crippen molar-refractivity contribution < 1.29 is 19.4 Å². The first kappa shape index (κ1) is 20.5. The molecule has 0 unspecified atom stereocenters. The van der Waals surface area contributed by atoms with Gasteiger partial charge in [-0.2, -0.15) is 0 Å². The molecule has 5 nitrogen and oxygen atoms in total. The summed E-state index contributed by atoms with van der Waals surface area (Å²) >= 11 is 12.1. The fourth-order valence-corrected chi connectivity index (χ4v) is 4.75. The van der Waals surface area contributed by atoms with Crippen LogP contribution >= 0.6 is 23.2 Å². The van der Waals surface area contributed by atoms with Gasteiger partial charge in [0.1, 0.15) is 12.4 Å². The Labute approximate surface area is 180 Å². The molecule has 1 fully saturated rings. The number of hydrogen-bond donors (Lipinski definition) is 1. The van der Waals surface area contributed by atoms with Crippen LogP contribution < -0.4 is 4.74 Å². The maximum Gasteiger partial charge on any atom is 0.304 e. The van der Waals surface area contributed by atoms with E-state index >= 15 is 0 Å². The molecule has 0 bridgehead atoms. The summed E-state index contributed by atoms with van der Waals surface area (Å²) in [7, 11) is 0. The van der Waals surface area contributed by atoms with Gasteiger partial charge in [0, 0.05) is 29.7 Å². The molecule has 1 N–H and O–H groups in total. The van der Waals surface area contributed by atoms with E-state index in [2.05, 4.69) is 11.0 Å². The number of carboxylic acid groups (broad SMARTS) is 1. The van der Waals surface area contributed by atoms with Crippen molar-refractivity contribution in [1.82, 2.24) is 4.90 Å². The fraction of sp³-hybridized carbons (Fsp3) is 0.409. The Morgan fingerprint density at radius 2 is 1.86 bits per heavy atom. The number of fused-ring (bicyclic) bond motifs is 2. The van der Waals surface area contributed by atoms with Crippen molar-refractivity contribution in [2.45, 2.75) is 38.1 Å². The third-order valence-corrected chi connectivity index (χ3v) is 6.14. The molecule has 2 aliphatic heterocycles. The number of piperidine rings is 1. The summed E-state index contributed by atoms with van der Waals surface area (Å²) in [6.45, 7) is 3.26. The van der Waals surface area contributed by atoms with Gasteiger partial charge in [-0.25, -0.2) is 0 Å². The van der Waals surface area contributed by atoms with E-state index in [1.807, 2.05) is 24.3 Å². The van der Waals surface area contributed by atoms with Gasteiger partial charge in [-0.1, -0.05) is 29.3 Å². The zero-order chi connectivity index (χ0) is 20.4. The molecule has 2 aromatic carbocycles. The van der Waals surface area contributed by atoms with Crippen molar-refractivity contribution >= 4 is 29.2 Å². The zero-order valence-corrected chi connectivity index (χ0v) is 17.5. The molecule has 2 heterocycles. The van der Waals surface area contributed by atoms with Gasteiger partial charge >= 0.3 is 5.97 Å². The molecular weight excluding hydrogens is 413 g/mol. The third kappa shape index (κ3) is 4.69. The van der Waals surface area contributed by atoms with Gasteiger partial charge in [0.2, 0.25) is 0 Å². The third-order valence-electron chi connectivity index (χ3n) is 5.71. The second kappa shape index (κ2) is 8.52. The molecule has 0 amide bonds. The second-order valence-electron chi connectivity index (χ2n) is 7.65. The Balaban J connectivity index is 1.40. The van der Waals surface area contributed by atoms with E-state index < -0.39 is 5.97 Å². The Bertz CT molecular complexity index is 889. The normalized spacial score (nSPS) is 18.0. The summed E-state index contributed by atoms with van der Waals surface area (Å²) in [4.78, 5) is 13.0. The minimum Gasteiger partial charge on any atom is -0.489 e. The van der Waals surface area contributed by atoms with Crippen molar-refractivity contribution in [3.8, 4) is 5.75 Å². The molecule has 0 aliphatic carbocycles. The molecule has 0 atom stereocenters. The predicted molar refractivity (Wildman–Crippen MR) is 112 cm³/mol. The van der Waals surface area contributed by atoms with E-state index in [1.165, 1.54) is 5.56 Å². The van der Waals surface area contributed by atoms with Gasteiger partial charge < -0.3 is 19.5 Å². The highest BCUT2D eigenvalue weighted by Gasteiger charge is 2.42. The molecule has 7 heteroatoms. The van der Waals surface area contributed by atoms with Crippen LogP contribution in [0.3, 0.4) is 0 Å². The summed E-state index contributed by atoms with van der Waals surface area (Å²) < 4.78 is 12.2. The number of hydrogen-bond acceptors (Lipinski definition) is 4. The van der Waals surface area contributed by atoms with Crippen molar-refractivity contribution in [2.75, 3.05) is 19.6 Å². The monoisotopic (exact) mass is 435 g/mol. The van der Waals surface area contributed by atoms with Crippen LogP contribution in [0.25, 0.3) is 0 Å². The van der Waals surface area contributed by atoms with Crippen molar-refractivity contribution in [1.29, 1.82) is 0 Å². The summed E-state index contributed by atoms with van der Waals surface area (Å²) in [5.74, 6) is 0.0414. The smallest absolute Gasteiger partial charge is 0.304 e. The number of halogens is 2. The van der Waals surface area contributed by atoms with Crippen LogP contribution in [0.1, 0.15) is 36.0 Å². The van der Waals surface area contributed by atoms with Crippen molar-refractivity contribution in [3.63, 3.8) is 0 Å². The molecule has 2 aliphatic rings. The largest absolute Gasteiger partial charge is 0.489 e. The van der Waals surface area contributed by atoms with Gasteiger partial charge in [0.05, 0.1) is 18.6 Å². The van der Waals surface area contributed by atoms with Crippen molar-refractivity contribution in [2.24, 2.45) is 0 Å². The molecule has 1 saturated heterocycles. The Morgan fingerprint density at radius 1 is 1.14 bits per heavy atom. The lowest BCUT2D eigenvalue weighted by Gasteiger charge is -2.39. The number of benzene rings is 2. The molecular formula is C22H23Cl2NO4.